The minimum absolute atomic E-state index is 0.261. The molecule has 132 valence electrons. The van der Waals surface area contributed by atoms with Crippen molar-refractivity contribution in [2.75, 3.05) is 36.5 Å². The maximum Gasteiger partial charge on any atom is 0.265 e. The Balaban J connectivity index is 1.55. The maximum atomic E-state index is 12.9. The van der Waals surface area contributed by atoms with E-state index >= 15 is 0 Å². The molecule has 3 rings (SSSR count). The average Bonchev–Trinajstić information content (AvgIpc) is 2.65. The van der Waals surface area contributed by atoms with Gasteiger partial charge in [0.1, 0.15) is 11.6 Å². The quantitative estimate of drug-likeness (QED) is 0.906. The Morgan fingerprint density at radius 2 is 1.76 bits per heavy atom. The fraction of sp³-hybridized carbons (Fsp3) is 0.316. The first-order valence-electron chi connectivity index (χ1n) is 8.28. The number of amides is 1. The van der Waals surface area contributed by atoms with Crippen LogP contribution in [0, 0.1) is 5.82 Å². The van der Waals surface area contributed by atoms with Crippen molar-refractivity contribution in [3.8, 4) is 5.75 Å². The number of nitrogens with zero attached hydrogens (tertiary/aromatic N) is 1. The fourth-order valence-corrected chi connectivity index (χ4v) is 2.59. The minimum Gasteiger partial charge on any atom is -0.481 e. The van der Waals surface area contributed by atoms with Crippen LogP contribution in [0.5, 0.6) is 5.75 Å². The molecule has 2 aromatic rings. The SMILES string of the molecule is CC(Oc1ccc(F)cc1)C(=O)Nc1ccc(N2CCOCC2)cc1. The Kier molecular flexibility index (Phi) is 5.50. The van der Waals surface area contributed by atoms with Gasteiger partial charge in [-0.25, -0.2) is 4.39 Å². The molecule has 1 heterocycles. The summed E-state index contributed by atoms with van der Waals surface area (Å²) in [6.07, 6.45) is -0.690. The fourth-order valence-electron chi connectivity index (χ4n) is 2.59. The van der Waals surface area contributed by atoms with Gasteiger partial charge in [0, 0.05) is 24.5 Å². The summed E-state index contributed by atoms with van der Waals surface area (Å²) in [5, 5.41) is 2.82. The summed E-state index contributed by atoms with van der Waals surface area (Å²) >= 11 is 0. The van der Waals surface area contributed by atoms with E-state index in [9.17, 15) is 9.18 Å². The lowest BCUT2D eigenvalue weighted by Crippen LogP contribution is -2.36. The number of hydrogen-bond donors (Lipinski definition) is 1. The van der Waals surface area contributed by atoms with E-state index in [0.29, 0.717) is 11.4 Å². The van der Waals surface area contributed by atoms with Gasteiger partial charge in [-0.1, -0.05) is 0 Å². The monoisotopic (exact) mass is 344 g/mol. The number of hydrogen-bond acceptors (Lipinski definition) is 4. The molecule has 0 bridgehead atoms. The Labute approximate surface area is 146 Å². The molecular formula is C19H21FN2O3. The molecule has 1 saturated heterocycles. The van der Waals surface area contributed by atoms with E-state index in [-0.39, 0.29) is 11.7 Å². The molecule has 1 aliphatic heterocycles. The van der Waals surface area contributed by atoms with Gasteiger partial charge in [0.05, 0.1) is 13.2 Å². The van der Waals surface area contributed by atoms with Crippen LogP contribution in [0.25, 0.3) is 0 Å². The summed E-state index contributed by atoms with van der Waals surface area (Å²) < 4.78 is 23.8. The van der Waals surface area contributed by atoms with Crippen LogP contribution < -0.4 is 15.0 Å². The molecule has 0 radical (unpaired) electrons. The van der Waals surface area contributed by atoms with E-state index in [1.54, 1.807) is 6.92 Å². The van der Waals surface area contributed by atoms with Crippen LogP contribution in [-0.4, -0.2) is 38.3 Å². The summed E-state index contributed by atoms with van der Waals surface area (Å²) in [4.78, 5) is 14.5. The number of benzene rings is 2. The smallest absolute Gasteiger partial charge is 0.265 e. The van der Waals surface area contributed by atoms with Crippen molar-refractivity contribution >= 4 is 17.3 Å². The lowest BCUT2D eigenvalue weighted by molar-refractivity contribution is -0.122. The highest BCUT2D eigenvalue weighted by Crippen LogP contribution is 2.19. The largest absolute Gasteiger partial charge is 0.481 e. The van der Waals surface area contributed by atoms with Crippen molar-refractivity contribution in [2.45, 2.75) is 13.0 Å². The third-order valence-electron chi connectivity index (χ3n) is 4.01. The predicted molar refractivity (Wildman–Crippen MR) is 94.6 cm³/mol. The van der Waals surface area contributed by atoms with Crippen LogP contribution in [0.4, 0.5) is 15.8 Å². The Bertz CT molecular complexity index is 698. The molecule has 1 fully saturated rings. The summed E-state index contributed by atoms with van der Waals surface area (Å²) in [6.45, 7) is 4.86. The number of rotatable bonds is 5. The Hall–Kier alpha value is -2.60. The van der Waals surface area contributed by atoms with Gasteiger partial charge in [-0.15, -0.1) is 0 Å². The summed E-state index contributed by atoms with van der Waals surface area (Å²) in [7, 11) is 0. The van der Waals surface area contributed by atoms with Crippen molar-refractivity contribution in [1.82, 2.24) is 0 Å². The second-order valence-electron chi connectivity index (χ2n) is 5.85. The molecule has 0 aromatic heterocycles. The zero-order valence-corrected chi connectivity index (χ0v) is 14.1. The van der Waals surface area contributed by atoms with E-state index < -0.39 is 6.10 Å². The molecule has 0 aliphatic carbocycles. The number of nitrogens with one attached hydrogen (secondary N) is 1. The highest BCUT2D eigenvalue weighted by molar-refractivity contribution is 5.94. The molecule has 1 amide bonds. The maximum absolute atomic E-state index is 12.9. The number of halogens is 1. The average molecular weight is 344 g/mol. The highest BCUT2D eigenvalue weighted by atomic mass is 19.1. The zero-order chi connectivity index (χ0) is 17.6. The predicted octanol–water partition coefficient (Wildman–Crippen LogP) is 3.07. The normalized spacial score (nSPS) is 15.5. The Morgan fingerprint density at radius 1 is 1.12 bits per heavy atom. The van der Waals surface area contributed by atoms with Gasteiger partial charge in [0.25, 0.3) is 5.91 Å². The topological polar surface area (TPSA) is 50.8 Å². The Morgan fingerprint density at radius 3 is 2.40 bits per heavy atom. The molecule has 0 spiro atoms. The molecule has 2 aromatic carbocycles. The molecule has 1 N–H and O–H groups in total. The van der Waals surface area contributed by atoms with Crippen molar-refractivity contribution in [3.05, 3.63) is 54.3 Å². The number of anilines is 2. The molecule has 6 heteroatoms. The minimum atomic E-state index is -0.690. The summed E-state index contributed by atoms with van der Waals surface area (Å²) in [6, 6.07) is 13.3. The van der Waals surface area contributed by atoms with Gasteiger partial charge in [0.2, 0.25) is 0 Å². The summed E-state index contributed by atoms with van der Waals surface area (Å²) in [5.74, 6) is -0.153. The van der Waals surface area contributed by atoms with Gasteiger partial charge in [-0.3, -0.25) is 4.79 Å². The van der Waals surface area contributed by atoms with Crippen LogP contribution in [0.15, 0.2) is 48.5 Å². The van der Waals surface area contributed by atoms with Crippen LogP contribution in [0.1, 0.15) is 6.92 Å². The van der Waals surface area contributed by atoms with Gasteiger partial charge in [-0.2, -0.15) is 0 Å². The lowest BCUT2D eigenvalue weighted by Gasteiger charge is -2.29. The van der Waals surface area contributed by atoms with Crippen LogP contribution in [0.3, 0.4) is 0 Å². The molecular weight excluding hydrogens is 323 g/mol. The number of morpholine rings is 1. The van der Waals surface area contributed by atoms with Gasteiger partial charge in [-0.05, 0) is 55.5 Å². The third-order valence-corrected chi connectivity index (χ3v) is 4.01. The van der Waals surface area contributed by atoms with Crippen molar-refractivity contribution in [1.29, 1.82) is 0 Å². The molecule has 1 unspecified atom stereocenters. The van der Waals surface area contributed by atoms with Crippen molar-refractivity contribution < 1.29 is 18.7 Å². The van der Waals surface area contributed by atoms with Gasteiger partial charge < -0.3 is 19.7 Å². The van der Waals surface area contributed by atoms with E-state index in [1.165, 1.54) is 24.3 Å². The van der Waals surface area contributed by atoms with E-state index in [0.717, 1.165) is 32.0 Å². The standard InChI is InChI=1S/C19H21FN2O3/c1-14(25-18-8-2-15(20)3-9-18)19(23)21-16-4-6-17(7-5-16)22-10-12-24-13-11-22/h2-9,14H,10-13H2,1H3,(H,21,23). The van der Waals surface area contributed by atoms with E-state index in [4.69, 9.17) is 9.47 Å². The number of carbonyl (C=O) groups excluding carboxylic acids is 1. The van der Waals surface area contributed by atoms with Crippen LogP contribution in [0.2, 0.25) is 0 Å². The van der Waals surface area contributed by atoms with Gasteiger partial charge in [0.15, 0.2) is 6.10 Å². The molecule has 5 nitrogen and oxygen atoms in total. The van der Waals surface area contributed by atoms with Crippen molar-refractivity contribution in [2.24, 2.45) is 0 Å². The number of carbonyl (C=O) groups is 1. The second-order valence-corrected chi connectivity index (χ2v) is 5.85. The van der Waals surface area contributed by atoms with Gasteiger partial charge >= 0.3 is 0 Å². The molecule has 1 aliphatic rings. The highest BCUT2D eigenvalue weighted by Gasteiger charge is 2.16. The van der Waals surface area contributed by atoms with E-state index in [1.807, 2.05) is 24.3 Å². The first-order valence-corrected chi connectivity index (χ1v) is 8.28. The van der Waals surface area contributed by atoms with E-state index in [2.05, 4.69) is 10.2 Å². The molecule has 0 saturated carbocycles. The zero-order valence-electron chi connectivity index (χ0n) is 14.1. The van der Waals surface area contributed by atoms with Crippen LogP contribution >= 0.6 is 0 Å². The van der Waals surface area contributed by atoms with Crippen molar-refractivity contribution in [3.63, 3.8) is 0 Å². The lowest BCUT2D eigenvalue weighted by atomic mass is 10.2. The first-order chi connectivity index (χ1) is 12.1. The second kappa shape index (κ2) is 7.98. The first kappa shape index (κ1) is 17.2. The molecule has 25 heavy (non-hydrogen) atoms. The molecule has 1 atom stereocenters. The third kappa shape index (κ3) is 4.70. The van der Waals surface area contributed by atoms with Crippen LogP contribution in [-0.2, 0) is 9.53 Å². The number of ether oxygens (including phenoxy) is 2. The summed E-state index contributed by atoms with van der Waals surface area (Å²) in [5.41, 5.74) is 1.81.